The summed E-state index contributed by atoms with van der Waals surface area (Å²) < 4.78 is 49.9. The molecule has 0 amide bonds. The van der Waals surface area contributed by atoms with Gasteiger partial charge in [0.25, 0.3) is 0 Å². The van der Waals surface area contributed by atoms with Crippen LogP contribution in [-0.2, 0) is 31.8 Å². The molecular weight excluding hydrogens is 451 g/mol. The monoisotopic (exact) mass is 479 g/mol. The highest BCUT2D eigenvalue weighted by Crippen LogP contribution is 2.33. The lowest BCUT2D eigenvalue weighted by Crippen LogP contribution is -2.26. The molecule has 184 valence electrons. The molecule has 6 nitrogen and oxygen atoms in total. The van der Waals surface area contributed by atoms with E-state index in [9.17, 15) is 27.6 Å². The molecule has 0 aromatic heterocycles. The molecule has 34 heavy (non-hydrogen) atoms. The molecule has 0 aliphatic carbocycles. The summed E-state index contributed by atoms with van der Waals surface area (Å²) in [5.41, 5.74) is 0.244. The molecule has 0 fully saturated rings. The average Bonchev–Trinajstić information content (AvgIpc) is 2.80. The van der Waals surface area contributed by atoms with Crippen LogP contribution < -0.4 is 4.90 Å². The Balaban J connectivity index is 2.06. The highest BCUT2D eigenvalue weighted by Gasteiger charge is 2.31. The molecule has 0 heterocycles. The van der Waals surface area contributed by atoms with Crippen molar-refractivity contribution >= 4 is 23.9 Å². The van der Waals surface area contributed by atoms with Crippen molar-refractivity contribution in [2.24, 2.45) is 5.92 Å². The third-order valence-electron chi connectivity index (χ3n) is 4.91. The number of esters is 2. The molecule has 0 bridgehead atoms. The molecule has 0 unspecified atom stereocenters. The maximum absolute atomic E-state index is 13.3. The number of carbonyl (C=O) groups is 3. The van der Waals surface area contributed by atoms with Gasteiger partial charge in [-0.3, -0.25) is 14.4 Å². The van der Waals surface area contributed by atoms with Crippen molar-refractivity contribution < 1.29 is 37.0 Å². The number of nitrogens with zero attached hydrogens (tertiary/aromatic N) is 1. The van der Waals surface area contributed by atoms with Crippen LogP contribution in [-0.4, -0.2) is 38.0 Å². The zero-order valence-corrected chi connectivity index (χ0v) is 19.1. The molecule has 2 aromatic rings. The number of halogens is 3. The van der Waals surface area contributed by atoms with Crippen LogP contribution in [0.4, 0.5) is 18.9 Å². The average molecular weight is 479 g/mol. The minimum Gasteiger partial charge on any atom is -0.462 e. The minimum absolute atomic E-state index is 0.0127. The second kappa shape index (κ2) is 12.8. The maximum Gasteiger partial charge on any atom is 0.416 e. The molecule has 2 aromatic carbocycles. The van der Waals surface area contributed by atoms with Crippen LogP contribution >= 0.6 is 0 Å². The predicted octanol–water partition coefficient (Wildman–Crippen LogP) is 5.05. The van der Waals surface area contributed by atoms with Gasteiger partial charge in [-0.1, -0.05) is 44.2 Å². The topological polar surface area (TPSA) is 72.9 Å². The van der Waals surface area contributed by atoms with Gasteiger partial charge in [0.05, 0.1) is 11.5 Å². The lowest BCUT2D eigenvalue weighted by molar-refractivity contribution is -0.154. The van der Waals surface area contributed by atoms with Crippen molar-refractivity contribution in [1.82, 2.24) is 0 Å². The van der Waals surface area contributed by atoms with E-state index in [1.165, 1.54) is 0 Å². The first-order valence-electron chi connectivity index (χ1n) is 10.9. The van der Waals surface area contributed by atoms with Gasteiger partial charge in [-0.15, -0.1) is 0 Å². The molecule has 0 saturated carbocycles. The predicted molar refractivity (Wildman–Crippen MR) is 120 cm³/mol. The van der Waals surface area contributed by atoms with E-state index in [4.69, 9.17) is 9.47 Å². The first kappa shape index (κ1) is 26.9. The Labute approximate surface area is 196 Å². The normalized spacial score (nSPS) is 11.2. The van der Waals surface area contributed by atoms with Gasteiger partial charge >= 0.3 is 18.1 Å². The molecule has 0 spiro atoms. The molecule has 0 aliphatic heterocycles. The van der Waals surface area contributed by atoms with Gasteiger partial charge in [0, 0.05) is 30.8 Å². The first-order valence-corrected chi connectivity index (χ1v) is 10.9. The van der Waals surface area contributed by atoms with E-state index in [2.05, 4.69) is 0 Å². The van der Waals surface area contributed by atoms with Gasteiger partial charge in [0.15, 0.2) is 6.29 Å². The van der Waals surface area contributed by atoms with Crippen molar-refractivity contribution in [3.05, 3.63) is 65.2 Å². The molecule has 0 N–H and O–H groups in total. The van der Waals surface area contributed by atoms with E-state index in [1.54, 1.807) is 18.7 Å². The summed E-state index contributed by atoms with van der Waals surface area (Å²) in [6, 6.07) is 12.1. The van der Waals surface area contributed by atoms with Crippen LogP contribution in [0.2, 0.25) is 0 Å². The fraction of sp³-hybridized carbons (Fsp3) is 0.400. The minimum atomic E-state index is -4.56. The van der Waals surface area contributed by atoms with Crippen molar-refractivity contribution in [3.8, 4) is 0 Å². The van der Waals surface area contributed by atoms with E-state index in [0.29, 0.717) is 6.29 Å². The lowest BCUT2D eigenvalue weighted by Gasteiger charge is -2.27. The lowest BCUT2D eigenvalue weighted by atomic mass is 10.1. The van der Waals surface area contributed by atoms with Crippen LogP contribution in [0.5, 0.6) is 0 Å². The van der Waals surface area contributed by atoms with Crippen LogP contribution in [0.3, 0.4) is 0 Å². The molecule has 0 radical (unpaired) electrons. The Bertz CT molecular complexity index is 961. The van der Waals surface area contributed by atoms with Crippen LogP contribution in [0.15, 0.2) is 48.5 Å². The van der Waals surface area contributed by atoms with Crippen LogP contribution in [0.1, 0.15) is 48.2 Å². The number of carbonyl (C=O) groups excluding carboxylic acids is 3. The van der Waals surface area contributed by atoms with Gasteiger partial charge in [0.1, 0.15) is 13.2 Å². The van der Waals surface area contributed by atoms with E-state index in [0.717, 1.165) is 23.8 Å². The molecule has 2 rings (SSSR count). The summed E-state index contributed by atoms with van der Waals surface area (Å²) in [6.45, 7) is 3.73. The second-order valence-corrected chi connectivity index (χ2v) is 7.94. The molecule has 9 heteroatoms. The Morgan fingerprint density at radius 1 is 1.03 bits per heavy atom. The Morgan fingerprint density at radius 3 is 2.32 bits per heavy atom. The smallest absolute Gasteiger partial charge is 0.416 e. The largest absolute Gasteiger partial charge is 0.462 e. The number of hydrogen-bond donors (Lipinski definition) is 0. The maximum atomic E-state index is 13.3. The number of rotatable bonds is 12. The third-order valence-corrected chi connectivity index (χ3v) is 4.91. The molecular formula is C25H28F3NO5. The van der Waals surface area contributed by atoms with Crippen LogP contribution in [0, 0.1) is 5.92 Å². The van der Waals surface area contributed by atoms with Crippen molar-refractivity contribution in [1.29, 1.82) is 0 Å². The molecule has 0 aliphatic rings. The van der Waals surface area contributed by atoms with Crippen molar-refractivity contribution in [3.63, 3.8) is 0 Å². The summed E-state index contributed by atoms with van der Waals surface area (Å²) in [5.74, 6) is -1.18. The highest BCUT2D eigenvalue weighted by atomic mass is 19.4. The summed E-state index contributed by atoms with van der Waals surface area (Å²) >= 11 is 0. The molecule has 0 atom stereocenters. The summed E-state index contributed by atoms with van der Waals surface area (Å²) in [5, 5.41) is 0. The fourth-order valence-corrected chi connectivity index (χ4v) is 3.13. The number of benzene rings is 2. The Kier molecular flexibility index (Phi) is 10.1. The SMILES string of the molecule is CC(C)C(=O)OCCOC(=O)CCCN(Cc1ccccc1)c1cc(C(F)(F)F)ccc1C=O. The Morgan fingerprint density at radius 2 is 1.71 bits per heavy atom. The first-order chi connectivity index (χ1) is 16.1. The van der Waals surface area contributed by atoms with Gasteiger partial charge in [-0.25, -0.2) is 0 Å². The number of ether oxygens (including phenoxy) is 2. The van der Waals surface area contributed by atoms with E-state index in [-0.39, 0.29) is 62.3 Å². The quantitative estimate of drug-likeness (QED) is 0.241. The van der Waals surface area contributed by atoms with E-state index < -0.39 is 17.7 Å². The van der Waals surface area contributed by atoms with E-state index >= 15 is 0 Å². The second-order valence-electron chi connectivity index (χ2n) is 7.94. The van der Waals surface area contributed by atoms with Crippen molar-refractivity contribution in [2.75, 3.05) is 24.7 Å². The summed E-state index contributed by atoms with van der Waals surface area (Å²) in [4.78, 5) is 36.6. The summed E-state index contributed by atoms with van der Waals surface area (Å²) in [6.07, 6.45) is -3.75. The van der Waals surface area contributed by atoms with Crippen molar-refractivity contribution in [2.45, 2.75) is 39.4 Å². The van der Waals surface area contributed by atoms with Gasteiger partial charge in [-0.05, 0) is 30.2 Å². The highest BCUT2D eigenvalue weighted by molar-refractivity contribution is 5.85. The molecule has 0 saturated heterocycles. The third kappa shape index (κ3) is 8.53. The van der Waals surface area contributed by atoms with Gasteiger partial charge < -0.3 is 14.4 Å². The van der Waals surface area contributed by atoms with Gasteiger partial charge in [-0.2, -0.15) is 13.2 Å². The van der Waals surface area contributed by atoms with E-state index in [1.807, 2.05) is 30.3 Å². The fourth-order valence-electron chi connectivity index (χ4n) is 3.13. The van der Waals surface area contributed by atoms with Gasteiger partial charge in [0.2, 0.25) is 0 Å². The number of hydrogen-bond acceptors (Lipinski definition) is 6. The number of aldehydes is 1. The van der Waals surface area contributed by atoms with Crippen LogP contribution in [0.25, 0.3) is 0 Å². The zero-order chi connectivity index (χ0) is 25.1. The number of alkyl halides is 3. The Hall–Kier alpha value is -3.36. The number of anilines is 1. The summed E-state index contributed by atoms with van der Waals surface area (Å²) in [7, 11) is 0. The zero-order valence-electron chi connectivity index (χ0n) is 19.1. The standard InChI is InChI=1S/C25H28F3NO5/c1-18(2)24(32)34-14-13-33-23(31)9-6-12-29(16-19-7-4-3-5-8-19)22-15-21(25(26,27)28)11-10-20(22)17-30/h3-5,7-8,10-11,15,17-18H,6,9,12-14,16H2,1-2H3.